The predicted molar refractivity (Wildman–Crippen MR) is 127 cm³/mol. The van der Waals surface area contributed by atoms with Gasteiger partial charge in [-0.3, -0.25) is 4.79 Å². The van der Waals surface area contributed by atoms with Crippen molar-refractivity contribution in [1.29, 1.82) is 0 Å². The molecule has 1 unspecified atom stereocenters. The van der Waals surface area contributed by atoms with E-state index in [1.807, 2.05) is 0 Å². The van der Waals surface area contributed by atoms with Crippen LogP contribution in [0.25, 0.3) is 0 Å². The summed E-state index contributed by atoms with van der Waals surface area (Å²) in [5.74, 6) is -1.63. The Kier molecular flexibility index (Phi) is 6.61. The van der Waals surface area contributed by atoms with Gasteiger partial charge in [-0.05, 0) is 47.5 Å². The summed E-state index contributed by atoms with van der Waals surface area (Å²) in [7, 11) is -1.46. The fourth-order valence-corrected chi connectivity index (χ4v) is 5.68. The SMILES string of the molecule is COC(=O)c1ccc(C2C(S(=O)(=O)c3ccccc3)=C(O)C(=O)N2Cc2cccc(OC)c2)cc1. The van der Waals surface area contributed by atoms with Crippen molar-refractivity contribution in [3.8, 4) is 5.75 Å². The molecule has 0 saturated heterocycles. The Balaban J connectivity index is 1.84. The summed E-state index contributed by atoms with van der Waals surface area (Å²) in [6.07, 6.45) is 0. The highest BCUT2D eigenvalue weighted by atomic mass is 32.2. The van der Waals surface area contributed by atoms with E-state index in [0.717, 1.165) is 0 Å². The number of carbonyl (C=O) groups excluding carboxylic acids is 2. The minimum atomic E-state index is -4.24. The summed E-state index contributed by atoms with van der Waals surface area (Å²) in [4.78, 5) is 25.9. The average Bonchev–Trinajstić information content (AvgIpc) is 3.14. The van der Waals surface area contributed by atoms with Crippen LogP contribution in [0.15, 0.2) is 94.4 Å². The van der Waals surface area contributed by atoms with Crippen LogP contribution >= 0.6 is 0 Å². The van der Waals surface area contributed by atoms with Crippen LogP contribution in [0.1, 0.15) is 27.5 Å². The van der Waals surface area contributed by atoms with E-state index in [0.29, 0.717) is 16.9 Å². The topological polar surface area (TPSA) is 110 Å². The molecule has 35 heavy (non-hydrogen) atoms. The number of hydrogen-bond acceptors (Lipinski definition) is 7. The van der Waals surface area contributed by atoms with Crippen molar-refractivity contribution >= 4 is 21.7 Å². The van der Waals surface area contributed by atoms with E-state index in [4.69, 9.17) is 9.47 Å². The Bertz CT molecular complexity index is 1400. The molecular weight excluding hydrogens is 470 g/mol. The molecule has 9 heteroatoms. The molecule has 0 radical (unpaired) electrons. The number of esters is 1. The minimum Gasteiger partial charge on any atom is -0.502 e. The molecule has 1 aliphatic heterocycles. The number of carbonyl (C=O) groups is 2. The maximum Gasteiger partial charge on any atom is 0.337 e. The van der Waals surface area contributed by atoms with Gasteiger partial charge >= 0.3 is 5.97 Å². The van der Waals surface area contributed by atoms with Gasteiger partial charge in [-0.25, -0.2) is 13.2 Å². The van der Waals surface area contributed by atoms with Crippen molar-refractivity contribution in [2.45, 2.75) is 17.5 Å². The van der Waals surface area contributed by atoms with E-state index in [2.05, 4.69) is 0 Å². The molecule has 1 atom stereocenters. The van der Waals surface area contributed by atoms with Crippen molar-refractivity contribution < 1.29 is 32.6 Å². The monoisotopic (exact) mass is 493 g/mol. The molecule has 1 aliphatic rings. The Morgan fingerprint density at radius 1 is 0.971 bits per heavy atom. The maximum atomic E-state index is 13.6. The molecule has 0 spiro atoms. The van der Waals surface area contributed by atoms with Gasteiger partial charge in [-0.2, -0.15) is 0 Å². The third kappa shape index (κ3) is 4.50. The van der Waals surface area contributed by atoms with E-state index in [-0.39, 0.29) is 17.0 Å². The van der Waals surface area contributed by atoms with Crippen LogP contribution in [0.5, 0.6) is 5.75 Å². The molecule has 0 aliphatic carbocycles. The third-order valence-electron chi connectivity index (χ3n) is 5.73. The second kappa shape index (κ2) is 9.63. The summed E-state index contributed by atoms with van der Waals surface area (Å²) < 4.78 is 37.2. The lowest BCUT2D eigenvalue weighted by Gasteiger charge is -2.27. The molecule has 1 N–H and O–H groups in total. The number of sulfone groups is 1. The van der Waals surface area contributed by atoms with Crippen molar-refractivity contribution in [1.82, 2.24) is 4.90 Å². The maximum absolute atomic E-state index is 13.6. The molecular formula is C26H23NO7S. The van der Waals surface area contributed by atoms with Crippen LogP contribution < -0.4 is 4.74 Å². The fraction of sp³-hybridized carbons (Fsp3) is 0.154. The predicted octanol–water partition coefficient (Wildman–Crippen LogP) is 3.81. The number of aliphatic hydroxyl groups is 1. The summed E-state index contributed by atoms with van der Waals surface area (Å²) in [5.41, 5.74) is 1.35. The first kappa shape index (κ1) is 24.0. The van der Waals surface area contributed by atoms with Gasteiger partial charge in [0.25, 0.3) is 5.91 Å². The highest BCUT2D eigenvalue weighted by Gasteiger charge is 2.46. The number of amides is 1. The molecule has 4 rings (SSSR count). The van der Waals surface area contributed by atoms with Crippen molar-refractivity contribution in [3.63, 3.8) is 0 Å². The molecule has 8 nitrogen and oxygen atoms in total. The van der Waals surface area contributed by atoms with Crippen LogP contribution in [0.4, 0.5) is 0 Å². The van der Waals surface area contributed by atoms with E-state index >= 15 is 0 Å². The highest BCUT2D eigenvalue weighted by molar-refractivity contribution is 7.95. The summed E-state index contributed by atoms with van der Waals surface area (Å²) in [6.45, 7) is 0.0112. The number of aliphatic hydroxyl groups excluding tert-OH is 1. The fourth-order valence-electron chi connectivity index (χ4n) is 4.01. The molecule has 3 aromatic carbocycles. The van der Waals surface area contributed by atoms with E-state index < -0.39 is 38.4 Å². The van der Waals surface area contributed by atoms with Gasteiger partial charge in [-0.1, -0.05) is 42.5 Å². The Hall–Kier alpha value is -4.11. The number of ether oxygens (including phenoxy) is 2. The second-order valence-corrected chi connectivity index (χ2v) is 9.75. The number of hydrogen-bond donors (Lipinski definition) is 1. The first-order chi connectivity index (χ1) is 16.8. The van der Waals surface area contributed by atoms with E-state index in [1.165, 1.54) is 43.4 Å². The van der Waals surface area contributed by atoms with Gasteiger partial charge < -0.3 is 19.5 Å². The Morgan fingerprint density at radius 3 is 2.29 bits per heavy atom. The Morgan fingerprint density at radius 2 is 1.66 bits per heavy atom. The average molecular weight is 494 g/mol. The van der Waals surface area contributed by atoms with Crippen LogP contribution in [-0.2, 0) is 25.9 Å². The molecule has 180 valence electrons. The van der Waals surface area contributed by atoms with Gasteiger partial charge in [0, 0.05) is 6.54 Å². The van der Waals surface area contributed by atoms with Gasteiger partial charge in [0.15, 0.2) is 5.76 Å². The normalized spacial score (nSPS) is 15.9. The zero-order valence-electron chi connectivity index (χ0n) is 19.0. The van der Waals surface area contributed by atoms with Crippen LogP contribution in [0.3, 0.4) is 0 Å². The molecule has 0 saturated carbocycles. The molecule has 1 amide bonds. The Labute approximate surface area is 202 Å². The third-order valence-corrected chi connectivity index (χ3v) is 7.62. The molecule has 0 bridgehead atoms. The first-order valence-corrected chi connectivity index (χ1v) is 12.1. The number of benzene rings is 3. The summed E-state index contributed by atoms with van der Waals surface area (Å²) in [5, 5.41) is 10.8. The van der Waals surface area contributed by atoms with Crippen molar-refractivity contribution in [3.05, 3.63) is 106 Å². The van der Waals surface area contributed by atoms with Gasteiger partial charge in [-0.15, -0.1) is 0 Å². The van der Waals surface area contributed by atoms with Gasteiger partial charge in [0.1, 0.15) is 10.7 Å². The molecule has 0 aromatic heterocycles. The lowest BCUT2D eigenvalue weighted by atomic mass is 10.0. The number of rotatable bonds is 7. The standard InChI is InChI=1S/C26H23NO7S/c1-33-20-8-6-7-17(15-20)16-27-22(18-11-13-19(14-12-18)26(30)34-2)24(23(28)25(27)29)35(31,32)21-9-4-3-5-10-21/h3-15,22,28H,16H2,1-2H3. The van der Waals surface area contributed by atoms with Crippen LogP contribution in [0.2, 0.25) is 0 Å². The van der Waals surface area contributed by atoms with Crippen LogP contribution in [-0.4, -0.2) is 44.5 Å². The lowest BCUT2D eigenvalue weighted by molar-refractivity contribution is -0.130. The number of methoxy groups -OCH3 is 2. The van der Waals surface area contributed by atoms with Gasteiger partial charge in [0.2, 0.25) is 9.84 Å². The van der Waals surface area contributed by atoms with Crippen LogP contribution in [0, 0.1) is 0 Å². The molecule has 3 aromatic rings. The number of nitrogens with zero attached hydrogens (tertiary/aromatic N) is 1. The smallest absolute Gasteiger partial charge is 0.337 e. The zero-order chi connectivity index (χ0) is 25.2. The molecule has 0 fully saturated rings. The first-order valence-electron chi connectivity index (χ1n) is 10.6. The minimum absolute atomic E-state index is 0.0112. The van der Waals surface area contributed by atoms with Gasteiger partial charge in [0.05, 0.1) is 30.7 Å². The van der Waals surface area contributed by atoms with Crippen molar-refractivity contribution in [2.75, 3.05) is 14.2 Å². The zero-order valence-corrected chi connectivity index (χ0v) is 19.9. The van der Waals surface area contributed by atoms with E-state index in [9.17, 15) is 23.1 Å². The highest BCUT2D eigenvalue weighted by Crippen LogP contribution is 2.43. The van der Waals surface area contributed by atoms with Crippen molar-refractivity contribution in [2.24, 2.45) is 0 Å². The largest absolute Gasteiger partial charge is 0.502 e. The summed E-state index contributed by atoms with van der Waals surface area (Å²) in [6, 6.07) is 19.5. The summed E-state index contributed by atoms with van der Waals surface area (Å²) >= 11 is 0. The second-order valence-electron chi connectivity index (χ2n) is 7.83. The lowest BCUT2D eigenvalue weighted by Crippen LogP contribution is -2.30. The molecule has 1 heterocycles. The van der Waals surface area contributed by atoms with E-state index in [1.54, 1.807) is 54.6 Å². The quantitative estimate of drug-likeness (QED) is 0.499.